The van der Waals surface area contributed by atoms with Gasteiger partial charge in [0.1, 0.15) is 6.54 Å². The van der Waals surface area contributed by atoms with Gasteiger partial charge in [-0.15, -0.1) is 0 Å². The Balaban J connectivity index is 1.40. The summed E-state index contributed by atoms with van der Waals surface area (Å²) in [6.07, 6.45) is 4.25. The number of carbonyl (C=O) groups is 1. The van der Waals surface area contributed by atoms with Gasteiger partial charge in [-0.2, -0.15) is 0 Å². The molecular weight excluding hydrogens is 576 g/mol. The lowest BCUT2D eigenvalue weighted by Gasteiger charge is -2.39. The fourth-order valence-corrected chi connectivity index (χ4v) is 8.27. The van der Waals surface area contributed by atoms with E-state index < -0.39 is 5.97 Å². The van der Waals surface area contributed by atoms with Crippen LogP contribution in [0.25, 0.3) is 5.57 Å². The van der Waals surface area contributed by atoms with E-state index in [4.69, 9.17) is 0 Å². The fraction of sp³-hybridized carbons (Fsp3) is 0.256. The smallest absolute Gasteiger partial charge is 0.336 e. The van der Waals surface area contributed by atoms with Crippen molar-refractivity contribution in [1.29, 1.82) is 0 Å². The summed E-state index contributed by atoms with van der Waals surface area (Å²) >= 11 is 0. The molecule has 0 saturated heterocycles. The van der Waals surface area contributed by atoms with E-state index in [9.17, 15) is 9.90 Å². The summed E-state index contributed by atoms with van der Waals surface area (Å²) < 4.78 is 2.54. The SMILES string of the molecule is CC1(C)c2cc3c(cc2C(c2ccccc2C(=O)O)=c2cc4c(cc21)=[N+](Cc1ccccc1)CCC4)CCCN3Cc1ccccc1. The van der Waals surface area contributed by atoms with Gasteiger partial charge in [-0.05, 0) is 87.7 Å². The Morgan fingerprint density at radius 2 is 1.47 bits per heavy atom. The third-order valence-corrected chi connectivity index (χ3v) is 10.6. The van der Waals surface area contributed by atoms with Crippen LogP contribution in [0.3, 0.4) is 0 Å². The number of fused-ring (bicyclic) bond motifs is 4. The predicted octanol–water partition coefficient (Wildman–Crippen LogP) is 6.86. The molecule has 0 radical (unpaired) electrons. The van der Waals surface area contributed by atoms with Gasteiger partial charge in [0, 0.05) is 47.8 Å². The number of carboxylic acid groups (broad SMARTS) is 1. The Kier molecular flexibility index (Phi) is 7.32. The number of rotatable bonds is 6. The molecule has 47 heavy (non-hydrogen) atoms. The van der Waals surface area contributed by atoms with Crippen molar-refractivity contribution in [2.75, 3.05) is 18.0 Å². The summed E-state index contributed by atoms with van der Waals surface area (Å²) in [7, 11) is 0. The molecule has 8 rings (SSSR count). The van der Waals surface area contributed by atoms with Gasteiger partial charge in [-0.1, -0.05) is 92.7 Å². The lowest BCUT2D eigenvalue weighted by molar-refractivity contribution is 0.0696. The first-order valence-corrected chi connectivity index (χ1v) is 17.0. The quantitative estimate of drug-likeness (QED) is 0.212. The zero-order chi connectivity index (χ0) is 32.1. The number of hydrogen-bond acceptors (Lipinski definition) is 2. The van der Waals surface area contributed by atoms with Crippen LogP contribution in [0.5, 0.6) is 0 Å². The molecule has 5 aromatic rings. The molecule has 0 spiro atoms. The lowest BCUT2D eigenvalue weighted by atomic mass is 9.67. The summed E-state index contributed by atoms with van der Waals surface area (Å²) in [4.78, 5) is 15.2. The highest BCUT2D eigenvalue weighted by atomic mass is 16.4. The normalized spacial score (nSPS) is 16.2. The third kappa shape index (κ3) is 5.17. The van der Waals surface area contributed by atoms with Gasteiger partial charge in [-0.3, -0.25) is 0 Å². The third-order valence-electron chi connectivity index (χ3n) is 10.6. The number of hydrogen-bond donors (Lipinski definition) is 1. The molecule has 0 amide bonds. The Hall–Kier alpha value is -4.96. The molecule has 1 N–H and O–H groups in total. The highest BCUT2D eigenvalue weighted by Gasteiger charge is 2.37. The zero-order valence-corrected chi connectivity index (χ0v) is 27.3. The van der Waals surface area contributed by atoms with E-state index in [0.717, 1.165) is 63.0 Å². The highest BCUT2D eigenvalue weighted by Crippen LogP contribution is 2.44. The van der Waals surface area contributed by atoms with Gasteiger partial charge < -0.3 is 10.0 Å². The largest absolute Gasteiger partial charge is 0.478 e. The molecule has 2 aliphatic heterocycles. The molecule has 4 heteroatoms. The molecular formula is C43H41N2O2+. The minimum absolute atomic E-state index is 0.290. The first-order chi connectivity index (χ1) is 22.9. The molecule has 0 aromatic heterocycles. The number of nitrogens with zero attached hydrogens (tertiary/aromatic N) is 2. The molecule has 234 valence electrons. The van der Waals surface area contributed by atoms with Crippen molar-refractivity contribution in [1.82, 2.24) is 4.58 Å². The number of benzene rings is 5. The molecule has 0 unspecified atom stereocenters. The van der Waals surface area contributed by atoms with Crippen LogP contribution < -0.4 is 20.1 Å². The van der Waals surface area contributed by atoms with Gasteiger partial charge in [0.05, 0.1) is 5.56 Å². The standard InChI is InChI=1S/C43H40N2O2/c1-43(2)37-25-39-31(17-11-21-44(39)27-29-13-5-3-6-14-29)23-35(37)41(33-19-9-10-20-34(33)42(46)47)36-24-32-18-12-22-45(40(32)26-38(36)43)28-30-15-7-4-8-16-30/h3-10,13-16,19-20,23-26H,11-12,17-18,21-22,27-28H2,1-2H3/p+1. The maximum atomic E-state index is 12.7. The topological polar surface area (TPSA) is 43.5 Å². The van der Waals surface area contributed by atoms with Crippen LogP contribution in [0, 0.1) is 0 Å². The fourth-order valence-electron chi connectivity index (χ4n) is 8.27. The van der Waals surface area contributed by atoms with Crippen molar-refractivity contribution in [2.24, 2.45) is 0 Å². The van der Waals surface area contributed by atoms with Crippen molar-refractivity contribution in [2.45, 2.75) is 58.0 Å². The minimum Gasteiger partial charge on any atom is -0.478 e. The van der Waals surface area contributed by atoms with Crippen molar-refractivity contribution in [3.63, 3.8) is 0 Å². The van der Waals surface area contributed by atoms with Gasteiger partial charge in [-0.25, -0.2) is 9.37 Å². The van der Waals surface area contributed by atoms with E-state index in [1.807, 2.05) is 18.2 Å². The average molecular weight is 618 g/mol. The summed E-state index contributed by atoms with van der Waals surface area (Å²) in [5.41, 5.74) is 12.3. The Bertz CT molecular complexity index is 2150. The molecule has 1 aliphatic carbocycles. The molecule has 4 nitrogen and oxygen atoms in total. The van der Waals surface area contributed by atoms with E-state index >= 15 is 0 Å². The number of aryl methyl sites for hydroxylation is 2. The molecule has 0 fully saturated rings. The predicted molar refractivity (Wildman–Crippen MR) is 190 cm³/mol. The van der Waals surface area contributed by atoms with Crippen molar-refractivity contribution in [3.8, 4) is 0 Å². The highest BCUT2D eigenvalue weighted by molar-refractivity contribution is 5.98. The maximum Gasteiger partial charge on any atom is 0.336 e. The van der Waals surface area contributed by atoms with Gasteiger partial charge >= 0.3 is 5.97 Å². The molecule has 5 aromatic carbocycles. The summed E-state index contributed by atoms with van der Waals surface area (Å²) in [6.45, 7) is 8.53. The van der Waals surface area contributed by atoms with Crippen LogP contribution >= 0.6 is 0 Å². The number of carboxylic acids is 1. The Labute approximate surface area is 277 Å². The molecule has 0 bridgehead atoms. The van der Waals surface area contributed by atoms with Crippen LogP contribution in [0.15, 0.2) is 109 Å². The summed E-state index contributed by atoms with van der Waals surface area (Å²) in [5.74, 6) is -0.889. The second-order valence-corrected chi connectivity index (χ2v) is 13.9. The molecule has 3 aliphatic rings. The summed E-state index contributed by atoms with van der Waals surface area (Å²) in [6, 6.07) is 38.8. The molecule has 0 atom stereocenters. The van der Waals surface area contributed by atoms with Crippen molar-refractivity contribution < 1.29 is 9.90 Å². The van der Waals surface area contributed by atoms with Gasteiger partial charge in [0.15, 0.2) is 6.54 Å². The maximum absolute atomic E-state index is 12.7. The number of aromatic carboxylic acids is 1. The summed E-state index contributed by atoms with van der Waals surface area (Å²) in [5, 5.41) is 12.9. The van der Waals surface area contributed by atoms with Crippen LogP contribution in [0.1, 0.15) is 81.6 Å². The first-order valence-electron chi connectivity index (χ1n) is 17.0. The van der Waals surface area contributed by atoms with E-state index in [-0.39, 0.29) is 5.41 Å². The molecule has 0 saturated carbocycles. The Morgan fingerprint density at radius 1 is 0.766 bits per heavy atom. The van der Waals surface area contributed by atoms with Crippen LogP contribution in [0.2, 0.25) is 0 Å². The Morgan fingerprint density at radius 3 is 2.23 bits per heavy atom. The van der Waals surface area contributed by atoms with E-state index in [0.29, 0.717) is 5.56 Å². The van der Waals surface area contributed by atoms with E-state index in [1.165, 1.54) is 55.2 Å². The average Bonchev–Trinajstić information content (AvgIpc) is 3.09. The van der Waals surface area contributed by atoms with Gasteiger partial charge in [0.2, 0.25) is 5.36 Å². The van der Waals surface area contributed by atoms with Gasteiger partial charge in [0.25, 0.3) is 0 Å². The lowest BCUT2D eigenvalue weighted by Crippen LogP contribution is -2.43. The van der Waals surface area contributed by atoms with E-state index in [2.05, 4.69) is 108 Å². The van der Waals surface area contributed by atoms with Crippen LogP contribution in [0.4, 0.5) is 5.69 Å². The number of anilines is 1. The van der Waals surface area contributed by atoms with Crippen molar-refractivity contribution in [3.05, 3.63) is 170 Å². The zero-order valence-electron chi connectivity index (χ0n) is 27.3. The van der Waals surface area contributed by atoms with Crippen LogP contribution in [-0.2, 0) is 31.3 Å². The monoisotopic (exact) mass is 617 g/mol. The second kappa shape index (κ2) is 11.7. The molecule has 2 heterocycles. The second-order valence-electron chi connectivity index (χ2n) is 13.9. The van der Waals surface area contributed by atoms with E-state index in [1.54, 1.807) is 6.07 Å². The van der Waals surface area contributed by atoms with Crippen LogP contribution in [-0.4, -0.2) is 24.2 Å². The van der Waals surface area contributed by atoms with Crippen molar-refractivity contribution >= 4 is 17.2 Å². The minimum atomic E-state index is -0.889. The first kappa shape index (κ1) is 29.4.